The molecule has 2 aliphatic heterocycles. The van der Waals surface area contributed by atoms with Crippen LogP contribution in [0.15, 0.2) is 60.0 Å². The smallest absolute Gasteiger partial charge is 0.415 e. The minimum Gasteiger partial charge on any atom is -0.508 e. The van der Waals surface area contributed by atoms with E-state index in [1.54, 1.807) is 46.2 Å². The van der Waals surface area contributed by atoms with Gasteiger partial charge in [0.05, 0.1) is 10.4 Å². The number of aromatic amines is 2. The Bertz CT molecular complexity index is 2300. The van der Waals surface area contributed by atoms with E-state index in [0.717, 1.165) is 56.1 Å². The summed E-state index contributed by atoms with van der Waals surface area (Å²) in [5.41, 5.74) is 5.50. The van der Waals surface area contributed by atoms with Gasteiger partial charge in [0, 0.05) is 83.5 Å². The van der Waals surface area contributed by atoms with Gasteiger partial charge in [0.2, 0.25) is 0 Å². The summed E-state index contributed by atoms with van der Waals surface area (Å²) in [7, 11) is 2.03. The average Bonchev–Trinajstić information content (AvgIpc) is 3.88. The van der Waals surface area contributed by atoms with Gasteiger partial charge in [0.25, 0.3) is 11.8 Å². The number of carbonyl (C=O) groups excluding carboxylic acids is 3. The number of H-pyrrole nitrogens is 2. The quantitative estimate of drug-likeness (QED) is 0.146. The van der Waals surface area contributed by atoms with Gasteiger partial charge in [-0.05, 0) is 79.0 Å². The summed E-state index contributed by atoms with van der Waals surface area (Å²) in [5, 5.41) is 17.2. The van der Waals surface area contributed by atoms with Gasteiger partial charge in [-0.3, -0.25) is 9.59 Å². The number of alkyl halides is 1. The maximum atomic E-state index is 14.2. The van der Waals surface area contributed by atoms with Gasteiger partial charge < -0.3 is 39.8 Å². The van der Waals surface area contributed by atoms with Crippen LogP contribution in [0.5, 0.6) is 11.5 Å². The number of likely N-dealkylation sites (N-methyl/N-ethyl adjacent to an activating group) is 1. The molecule has 5 heterocycles. The molecule has 11 nitrogen and oxygen atoms in total. The lowest BCUT2D eigenvalue weighted by molar-refractivity contribution is 0.0982. The van der Waals surface area contributed by atoms with Gasteiger partial charge in [-0.2, -0.15) is 0 Å². The zero-order valence-electron chi connectivity index (χ0n) is 26.8. The zero-order chi connectivity index (χ0) is 34.0. The molecule has 3 amide bonds. The molecule has 8 rings (SSSR count). The third kappa shape index (κ3) is 5.55. The van der Waals surface area contributed by atoms with Crippen LogP contribution >= 0.6 is 22.9 Å². The number of aromatic hydroxyl groups is 1. The highest BCUT2D eigenvalue weighted by molar-refractivity contribution is 7.17. The van der Waals surface area contributed by atoms with Crippen LogP contribution in [0.25, 0.3) is 31.9 Å². The van der Waals surface area contributed by atoms with Crippen molar-refractivity contribution < 1.29 is 24.2 Å². The van der Waals surface area contributed by atoms with Crippen LogP contribution in [0.3, 0.4) is 0 Å². The molecule has 3 aromatic heterocycles. The first-order chi connectivity index (χ1) is 23.7. The first-order valence-corrected chi connectivity index (χ1v) is 17.4. The number of fused-ring (bicyclic) bond motifs is 5. The Kier molecular flexibility index (Phi) is 7.73. The molecule has 1 fully saturated rings. The van der Waals surface area contributed by atoms with Crippen LogP contribution in [0.2, 0.25) is 0 Å². The topological polar surface area (TPSA) is 134 Å². The average molecular weight is 697 g/mol. The number of carbonyl (C=O) groups is 3. The molecule has 0 saturated carbocycles. The van der Waals surface area contributed by atoms with E-state index in [-0.39, 0.29) is 23.5 Å². The number of aryl methyl sites for hydroxylation is 1. The van der Waals surface area contributed by atoms with E-state index in [2.05, 4.69) is 20.2 Å². The van der Waals surface area contributed by atoms with Crippen LogP contribution in [0, 0.1) is 6.92 Å². The number of aromatic nitrogens is 2. The van der Waals surface area contributed by atoms with Crippen molar-refractivity contribution in [3.05, 3.63) is 82.5 Å². The number of nitrogens with one attached hydrogen (secondary N) is 3. The van der Waals surface area contributed by atoms with Crippen molar-refractivity contribution in [1.82, 2.24) is 19.8 Å². The standard InChI is InChI=1S/C36H33ClN6O5S/c1-19-18-49-33-30(48-36(47)42-9-7-41(2)8-10-42)15-29-32(31(19)33)22(16-37)17-43(29)35(46)28-14-20-11-23(3-5-25(20)40-28)38-34(45)27-13-21-12-24(44)4-6-26(21)39-27/h3-6,11-15,18,22,39-40,44H,7-10,16-17H2,1-2H3,(H,38,45)/t22-/m0/s1. The highest BCUT2D eigenvalue weighted by Gasteiger charge is 2.37. The molecule has 0 unspecified atom stereocenters. The molecule has 250 valence electrons. The van der Waals surface area contributed by atoms with Gasteiger partial charge in [-0.15, -0.1) is 22.9 Å². The fourth-order valence-corrected chi connectivity index (χ4v) is 8.13. The molecule has 2 aliphatic rings. The van der Waals surface area contributed by atoms with Crippen molar-refractivity contribution in [3.8, 4) is 11.5 Å². The highest BCUT2D eigenvalue weighted by atomic mass is 35.5. The molecule has 13 heteroatoms. The van der Waals surface area contributed by atoms with Crippen molar-refractivity contribution in [2.24, 2.45) is 0 Å². The number of thiophene rings is 1. The number of hydrogen-bond acceptors (Lipinski definition) is 7. The first kappa shape index (κ1) is 31.2. The van der Waals surface area contributed by atoms with Gasteiger partial charge >= 0.3 is 6.09 Å². The van der Waals surface area contributed by atoms with Crippen LogP contribution < -0.4 is 15.0 Å². The van der Waals surface area contributed by atoms with Crippen molar-refractivity contribution in [3.63, 3.8) is 0 Å². The number of rotatable bonds is 5. The number of halogens is 1. The predicted molar refractivity (Wildman–Crippen MR) is 193 cm³/mol. The maximum Gasteiger partial charge on any atom is 0.415 e. The van der Waals surface area contributed by atoms with Crippen LogP contribution in [-0.2, 0) is 0 Å². The highest BCUT2D eigenvalue weighted by Crippen LogP contribution is 2.49. The van der Waals surface area contributed by atoms with Crippen LogP contribution in [-0.4, -0.2) is 88.4 Å². The summed E-state index contributed by atoms with van der Waals surface area (Å²) < 4.78 is 6.91. The maximum absolute atomic E-state index is 14.2. The number of phenols is 1. The Balaban J connectivity index is 1.08. The van der Waals surface area contributed by atoms with E-state index in [1.807, 2.05) is 37.6 Å². The number of amides is 3. The molecule has 4 N–H and O–H groups in total. The number of phenolic OH excluding ortho intramolecular Hbond substituents is 1. The van der Waals surface area contributed by atoms with Crippen molar-refractivity contribution >= 4 is 84.1 Å². The summed E-state index contributed by atoms with van der Waals surface area (Å²) >= 11 is 8.04. The van der Waals surface area contributed by atoms with Gasteiger partial charge in [0.1, 0.15) is 17.1 Å². The number of piperazine rings is 1. The second-order valence-corrected chi connectivity index (χ2v) is 13.9. The minimum atomic E-state index is -0.396. The van der Waals surface area contributed by atoms with Crippen molar-refractivity contribution in [1.29, 1.82) is 0 Å². The number of hydrogen-bond donors (Lipinski definition) is 4. The summed E-state index contributed by atoms with van der Waals surface area (Å²) in [6.07, 6.45) is -0.396. The predicted octanol–water partition coefficient (Wildman–Crippen LogP) is 6.86. The third-order valence-electron chi connectivity index (χ3n) is 9.46. The lowest BCUT2D eigenvalue weighted by Gasteiger charge is -2.31. The molecule has 3 aromatic carbocycles. The molecule has 1 saturated heterocycles. The minimum absolute atomic E-state index is 0.0985. The molecular weight excluding hydrogens is 664 g/mol. The van der Waals surface area contributed by atoms with Gasteiger partial charge in [-0.1, -0.05) is 0 Å². The Morgan fingerprint density at radius 3 is 2.47 bits per heavy atom. The largest absolute Gasteiger partial charge is 0.508 e. The summed E-state index contributed by atoms with van der Waals surface area (Å²) in [6, 6.07) is 15.5. The van der Waals surface area contributed by atoms with E-state index in [4.69, 9.17) is 16.3 Å². The van der Waals surface area contributed by atoms with E-state index in [9.17, 15) is 19.5 Å². The van der Waals surface area contributed by atoms with E-state index >= 15 is 0 Å². The molecule has 0 aliphatic carbocycles. The summed E-state index contributed by atoms with van der Waals surface area (Å²) in [5.74, 6) is 0.223. The first-order valence-electron chi connectivity index (χ1n) is 16.0. The van der Waals surface area contributed by atoms with Crippen molar-refractivity contribution in [2.45, 2.75) is 12.8 Å². The van der Waals surface area contributed by atoms with Crippen LogP contribution in [0.1, 0.15) is 38.0 Å². The van der Waals surface area contributed by atoms with E-state index in [0.29, 0.717) is 54.0 Å². The number of benzene rings is 3. The fraction of sp³-hybridized carbons (Fsp3) is 0.250. The molecule has 0 spiro atoms. The Morgan fingerprint density at radius 1 is 0.980 bits per heavy atom. The number of anilines is 2. The second kappa shape index (κ2) is 12.1. The van der Waals surface area contributed by atoms with Crippen molar-refractivity contribution in [2.75, 3.05) is 55.9 Å². The monoisotopic (exact) mass is 696 g/mol. The molecule has 0 bridgehead atoms. The molecule has 49 heavy (non-hydrogen) atoms. The molecule has 0 radical (unpaired) electrons. The third-order valence-corrected chi connectivity index (χ3v) is 10.9. The summed E-state index contributed by atoms with van der Waals surface area (Å²) in [4.78, 5) is 52.4. The van der Waals surface area contributed by atoms with E-state index in [1.165, 1.54) is 11.3 Å². The SMILES string of the molecule is Cc1csc2c(OC(=O)N3CCN(C)CC3)cc3c(c12)[C@@H](CCl)CN3C(=O)c1cc2cc(NC(=O)c3cc4cc(O)ccc4[nH]3)ccc2[nH]1. The lowest BCUT2D eigenvalue weighted by atomic mass is 9.97. The van der Waals surface area contributed by atoms with Gasteiger partial charge in [-0.25, -0.2) is 4.79 Å². The number of nitrogens with zero attached hydrogens (tertiary/aromatic N) is 3. The normalized spacial score (nSPS) is 16.5. The molecular formula is C36H33ClN6O5S. The second-order valence-electron chi connectivity index (χ2n) is 12.7. The fourth-order valence-electron chi connectivity index (χ4n) is 6.86. The lowest BCUT2D eigenvalue weighted by Crippen LogP contribution is -2.48. The van der Waals surface area contributed by atoms with Gasteiger partial charge in [0.15, 0.2) is 5.75 Å². The Labute approximate surface area is 290 Å². The Hall–Kier alpha value is -5.04. The molecule has 1 atom stereocenters. The molecule has 6 aromatic rings. The Morgan fingerprint density at radius 2 is 1.69 bits per heavy atom. The van der Waals surface area contributed by atoms with E-state index < -0.39 is 6.09 Å². The zero-order valence-corrected chi connectivity index (χ0v) is 28.4. The summed E-state index contributed by atoms with van der Waals surface area (Å²) in [6.45, 7) is 5.15. The number of ether oxygens (including phenoxy) is 1. The van der Waals surface area contributed by atoms with Crippen LogP contribution in [0.4, 0.5) is 16.2 Å².